The van der Waals surface area contributed by atoms with Crippen LogP contribution in [0, 0.1) is 0 Å². The highest BCUT2D eigenvalue weighted by Gasteiger charge is 1.97. The van der Waals surface area contributed by atoms with E-state index in [1.54, 1.807) is 152 Å². The molecule has 0 unspecified atom stereocenters. The first-order chi connectivity index (χ1) is 49.1. The van der Waals surface area contributed by atoms with E-state index >= 15 is 0 Å². The van der Waals surface area contributed by atoms with Crippen LogP contribution in [0.1, 0.15) is 0 Å². The first-order valence-electron chi connectivity index (χ1n) is 29.4. The summed E-state index contributed by atoms with van der Waals surface area (Å²) in [4.78, 5) is 80.0. The molecule has 0 bridgehead atoms. The third-order valence-electron chi connectivity index (χ3n) is 13.0. The number of pyridine rings is 3. The molecule has 5 N–H and O–H groups in total. The van der Waals surface area contributed by atoms with E-state index in [-0.39, 0.29) is 0 Å². The second-order valence-corrected chi connectivity index (χ2v) is 19.4. The zero-order valence-corrected chi connectivity index (χ0v) is 51.6. The molecule has 0 amide bonds. The Kier molecular flexibility index (Phi) is 21.8. The molecule has 484 valence electrons. The SMILES string of the molecule is c1ccn2cnnc2c1.c1cn2ccnc2cn1.c1cn2cncc2cn1.c1cnc2[nH]ccc2n1.c1cnc2[nH]ncc2c1.c1cnc2nc[nH]c2c1.c1cnc2nccn2c1.c1cnc2ncnn2c1.c1cnn2ccnc2c1.c1ncc2cc[nH]c2n1.c1ncc2cn[nH]c2n1. The largest absolute Gasteiger partial charge is 0.346 e. The summed E-state index contributed by atoms with van der Waals surface area (Å²) < 4.78 is 10.9. The highest BCUT2D eigenvalue weighted by Crippen LogP contribution is 2.07. The average Bonchev–Trinajstić information content (AvgIpc) is 4.46. The number of aromatic nitrogens is 35. The molecular weight excluding hydrogens is 1260 g/mol. The van der Waals surface area contributed by atoms with Gasteiger partial charge in [0.05, 0.1) is 60.1 Å². The molecule has 35 heteroatoms. The number of nitrogens with zero attached hydrogens (tertiary/aromatic N) is 30. The quantitative estimate of drug-likeness (QED) is 0.0960. The van der Waals surface area contributed by atoms with Crippen molar-refractivity contribution in [1.82, 2.24) is 172 Å². The summed E-state index contributed by atoms with van der Waals surface area (Å²) in [5.41, 5.74) is 9.72. The van der Waals surface area contributed by atoms with E-state index in [2.05, 4.69) is 145 Å². The molecule has 0 radical (unpaired) electrons. The molecule has 22 aromatic rings. The summed E-state index contributed by atoms with van der Waals surface area (Å²) in [5, 5.41) is 31.5. The Balaban J connectivity index is 0.000000103. The van der Waals surface area contributed by atoms with Crippen molar-refractivity contribution in [2.75, 3.05) is 0 Å². The fraction of sp³-hybridized carbons (Fsp3) is 0. The lowest BCUT2D eigenvalue weighted by Crippen LogP contribution is -1.86. The van der Waals surface area contributed by atoms with Gasteiger partial charge in [-0.1, -0.05) is 6.07 Å². The van der Waals surface area contributed by atoms with Crippen LogP contribution in [-0.2, 0) is 0 Å². The van der Waals surface area contributed by atoms with Gasteiger partial charge in [-0.2, -0.15) is 25.4 Å². The van der Waals surface area contributed by atoms with Crippen molar-refractivity contribution in [2.24, 2.45) is 0 Å². The third-order valence-corrected chi connectivity index (χ3v) is 13.0. The van der Waals surface area contributed by atoms with Gasteiger partial charge in [0.1, 0.15) is 36.5 Å². The maximum absolute atomic E-state index is 4.05. The minimum atomic E-state index is 0.637. The van der Waals surface area contributed by atoms with Crippen molar-refractivity contribution in [1.29, 1.82) is 0 Å². The fourth-order valence-electron chi connectivity index (χ4n) is 8.33. The van der Waals surface area contributed by atoms with Gasteiger partial charge in [0, 0.05) is 159 Å². The van der Waals surface area contributed by atoms with Crippen LogP contribution in [0.15, 0.2) is 297 Å². The molecule has 35 nitrogen and oxygen atoms in total. The number of imidazole rings is 5. The lowest BCUT2D eigenvalue weighted by atomic mass is 10.4. The normalized spacial score (nSPS) is 10.2. The first-order valence-corrected chi connectivity index (χ1v) is 29.4. The van der Waals surface area contributed by atoms with Crippen LogP contribution in [0.3, 0.4) is 0 Å². The van der Waals surface area contributed by atoms with E-state index in [4.69, 9.17) is 0 Å². The average molecular weight is 1310 g/mol. The highest BCUT2D eigenvalue weighted by molar-refractivity contribution is 5.74. The summed E-state index contributed by atoms with van der Waals surface area (Å²) in [7, 11) is 0. The monoisotopic (exact) mass is 1310 g/mol. The Morgan fingerprint density at radius 3 is 1.83 bits per heavy atom. The summed E-state index contributed by atoms with van der Waals surface area (Å²) in [5.74, 6) is 1.38. The predicted octanol–water partition coefficient (Wildman–Crippen LogP) is 7.96. The molecule has 0 fully saturated rings. The van der Waals surface area contributed by atoms with Gasteiger partial charge in [-0.25, -0.2) is 78.8 Å². The van der Waals surface area contributed by atoms with Crippen LogP contribution in [-0.4, -0.2) is 172 Å². The Bertz CT molecular complexity index is 4360. The van der Waals surface area contributed by atoms with Gasteiger partial charge in [-0.05, 0) is 72.8 Å². The Hall–Kier alpha value is -15.3. The van der Waals surface area contributed by atoms with E-state index in [1.807, 2.05) is 152 Å². The molecule has 0 aliphatic heterocycles. The molecule has 0 aromatic carbocycles. The van der Waals surface area contributed by atoms with E-state index in [0.717, 1.165) is 83.7 Å². The van der Waals surface area contributed by atoms with Gasteiger partial charge >= 0.3 is 0 Å². The summed E-state index contributed by atoms with van der Waals surface area (Å²) in [6, 6.07) is 24.7. The molecular formula is C64H53N35. The smallest absolute Gasteiger partial charge is 0.252 e. The van der Waals surface area contributed by atoms with Crippen LogP contribution < -0.4 is 0 Å². The number of fused-ring (bicyclic) bond motifs is 11. The zero-order chi connectivity index (χ0) is 67.1. The van der Waals surface area contributed by atoms with E-state index in [0.29, 0.717) is 5.78 Å². The standard InChI is InChI=1S/9C6H5N3.2C5H4N4/c1-3-9-4-2-8-6(9)5-7-1;1-2-9-5-8-4-6(9)3-7-1;1-2-8-6-5(1)3-7-4-9-6;1-2-8-6-5(1)7-3-4-9-6;1-2-7-6-8-3-5-9(6)4-1;1-2-6-7-4-5-9(6)8-3-1;1-2-5-6(7-3-1)9-4-8-5;1-2-5-4-8-9-6(5)7-3-1;1-2-4-9-5-7-8-6(9)3-1;1-4-2-8-9-5(4)7-3-6-1;1-2-6-5-7-4-8-9(5)3-1/h2*1-5H;1-4H,(H,7,8,9);1-4H,(H,8,9);2*1-5H;2*1-4H,(H,7,8,9);1-5H;1-3H,(H,6,7,8,9);1-4H. The molecule has 99 heavy (non-hydrogen) atoms. The van der Waals surface area contributed by atoms with E-state index in [1.165, 1.54) is 19.0 Å². The lowest BCUT2D eigenvalue weighted by Gasteiger charge is -1.86. The van der Waals surface area contributed by atoms with Gasteiger partial charge in [0.25, 0.3) is 5.78 Å². The topological polar surface area (TPSA) is 415 Å². The minimum absolute atomic E-state index is 0.637. The molecule has 0 aliphatic rings. The number of aromatic amines is 5. The molecule has 22 aromatic heterocycles. The number of H-pyrrole nitrogens is 5. The van der Waals surface area contributed by atoms with Gasteiger partial charge in [-0.15, -0.1) is 10.2 Å². The van der Waals surface area contributed by atoms with Crippen LogP contribution in [0.5, 0.6) is 0 Å². The molecule has 22 heterocycles. The summed E-state index contributed by atoms with van der Waals surface area (Å²) in [6.45, 7) is 0. The van der Waals surface area contributed by atoms with Crippen molar-refractivity contribution in [2.45, 2.75) is 0 Å². The van der Waals surface area contributed by atoms with Crippen molar-refractivity contribution < 1.29 is 0 Å². The lowest BCUT2D eigenvalue weighted by molar-refractivity contribution is 0.936. The maximum Gasteiger partial charge on any atom is 0.252 e. The molecule has 0 atom stereocenters. The van der Waals surface area contributed by atoms with Crippen molar-refractivity contribution in [3.8, 4) is 0 Å². The van der Waals surface area contributed by atoms with Gasteiger partial charge in [0.15, 0.2) is 39.5 Å². The van der Waals surface area contributed by atoms with Gasteiger partial charge < -0.3 is 23.8 Å². The fourth-order valence-corrected chi connectivity index (χ4v) is 8.33. The van der Waals surface area contributed by atoms with Crippen LogP contribution in [0.25, 0.3) is 89.4 Å². The minimum Gasteiger partial charge on any atom is -0.346 e. The number of hydrogen-bond donors (Lipinski definition) is 5. The number of rotatable bonds is 0. The van der Waals surface area contributed by atoms with Crippen LogP contribution in [0.4, 0.5) is 0 Å². The third kappa shape index (κ3) is 18.3. The highest BCUT2D eigenvalue weighted by atomic mass is 15.3. The molecule has 0 saturated carbocycles. The van der Waals surface area contributed by atoms with Crippen molar-refractivity contribution in [3.63, 3.8) is 0 Å². The molecule has 0 aliphatic carbocycles. The van der Waals surface area contributed by atoms with Crippen LogP contribution >= 0.6 is 0 Å². The maximum atomic E-state index is 4.05. The van der Waals surface area contributed by atoms with E-state index < -0.39 is 0 Å². The molecule has 0 saturated heterocycles. The predicted molar refractivity (Wildman–Crippen MR) is 363 cm³/mol. The molecule has 0 spiro atoms. The summed E-state index contributed by atoms with van der Waals surface area (Å²) >= 11 is 0. The van der Waals surface area contributed by atoms with E-state index in [9.17, 15) is 0 Å². The van der Waals surface area contributed by atoms with Crippen LogP contribution in [0.2, 0.25) is 0 Å². The Labute approximate surface area is 555 Å². The van der Waals surface area contributed by atoms with Gasteiger partial charge in [0.2, 0.25) is 5.78 Å². The van der Waals surface area contributed by atoms with Gasteiger partial charge in [-0.3, -0.25) is 34.0 Å². The number of hydrogen-bond acceptors (Lipinski definition) is 24. The van der Waals surface area contributed by atoms with Crippen molar-refractivity contribution in [3.05, 3.63) is 297 Å². The summed E-state index contributed by atoms with van der Waals surface area (Å²) in [6.07, 6.45) is 60.9. The molecule has 22 rings (SSSR count). The second kappa shape index (κ2) is 33.8. The first kappa shape index (κ1) is 63.8. The van der Waals surface area contributed by atoms with Crippen molar-refractivity contribution >= 4 is 89.4 Å². The zero-order valence-electron chi connectivity index (χ0n) is 51.6. The number of nitrogens with one attached hydrogen (secondary N) is 5. The Morgan fingerprint density at radius 2 is 1.00 bits per heavy atom. The Morgan fingerprint density at radius 1 is 0.323 bits per heavy atom. The second-order valence-electron chi connectivity index (χ2n) is 19.4.